The normalized spacial score (nSPS) is 10.5. The molecule has 2 aromatic carbocycles. The van der Waals surface area contributed by atoms with Gasteiger partial charge in [0.15, 0.2) is 0 Å². The van der Waals surface area contributed by atoms with E-state index in [0.29, 0.717) is 52.7 Å². The van der Waals surface area contributed by atoms with Crippen molar-refractivity contribution in [3.8, 4) is 11.8 Å². The fourth-order valence-corrected chi connectivity index (χ4v) is 3.59. The standard InChI is InChI=1S/C23H23ClN4O2/c1-4-28(5-2)23(29)18-14-26-20-8-6-15(12-25)10-17(20)22(18)27-13-16-7-9-21(30-3)19(24)11-16/h6-11,14H,4-5,13H2,1-3H3,(H,26,27). The van der Waals surface area contributed by atoms with E-state index in [1.54, 1.807) is 42.5 Å². The minimum absolute atomic E-state index is 0.105. The van der Waals surface area contributed by atoms with Gasteiger partial charge in [0.1, 0.15) is 5.75 Å². The minimum Gasteiger partial charge on any atom is -0.495 e. The Kier molecular flexibility index (Phi) is 6.76. The molecule has 0 aliphatic carbocycles. The van der Waals surface area contributed by atoms with Gasteiger partial charge in [-0.3, -0.25) is 9.78 Å². The van der Waals surface area contributed by atoms with E-state index in [4.69, 9.17) is 16.3 Å². The van der Waals surface area contributed by atoms with Crippen molar-refractivity contribution in [1.82, 2.24) is 9.88 Å². The Morgan fingerprint density at radius 3 is 2.63 bits per heavy atom. The van der Waals surface area contributed by atoms with Gasteiger partial charge in [0, 0.05) is 31.2 Å². The van der Waals surface area contributed by atoms with Crippen LogP contribution in [0.4, 0.5) is 5.69 Å². The molecule has 0 spiro atoms. The molecule has 0 fully saturated rings. The van der Waals surface area contributed by atoms with Crippen LogP contribution in [-0.2, 0) is 6.54 Å². The lowest BCUT2D eigenvalue weighted by Crippen LogP contribution is -2.31. The fraction of sp³-hybridized carbons (Fsp3) is 0.261. The van der Waals surface area contributed by atoms with Crippen LogP contribution in [0.5, 0.6) is 5.75 Å². The maximum atomic E-state index is 13.1. The molecule has 0 radical (unpaired) electrons. The highest BCUT2D eigenvalue weighted by Gasteiger charge is 2.20. The van der Waals surface area contributed by atoms with Gasteiger partial charge in [0.05, 0.1) is 40.5 Å². The van der Waals surface area contributed by atoms with Crippen molar-refractivity contribution in [2.45, 2.75) is 20.4 Å². The molecule has 0 atom stereocenters. The van der Waals surface area contributed by atoms with Crippen LogP contribution in [0, 0.1) is 11.3 Å². The number of hydrogen-bond acceptors (Lipinski definition) is 5. The number of pyridine rings is 1. The number of benzene rings is 2. The second-order valence-electron chi connectivity index (χ2n) is 6.69. The molecular formula is C23H23ClN4O2. The smallest absolute Gasteiger partial charge is 0.257 e. The number of nitrogens with zero attached hydrogens (tertiary/aromatic N) is 3. The second kappa shape index (κ2) is 9.47. The van der Waals surface area contributed by atoms with Crippen LogP contribution in [0.3, 0.4) is 0 Å². The van der Waals surface area contributed by atoms with E-state index < -0.39 is 0 Å². The second-order valence-corrected chi connectivity index (χ2v) is 7.10. The summed E-state index contributed by atoms with van der Waals surface area (Å²) in [6.07, 6.45) is 1.60. The van der Waals surface area contributed by atoms with Crippen LogP contribution in [0.25, 0.3) is 10.9 Å². The molecule has 0 unspecified atom stereocenters. The van der Waals surface area contributed by atoms with Crippen molar-refractivity contribution in [1.29, 1.82) is 5.26 Å². The summed E-state index contributed by atoms with van der Waals surface area (Å²) in [6, 6.07) is 12.9. The van der Waals surface area contributed by atoms with Crippen molar-refractivity contribution < 1.29 is 9.53 Å². The molecule has 1 N–H and O–H groups in total. The number of anilines is 1. The molecular weight excluding hydrogens is 400 g/mol. The van der Waals surface area contributed by atoms with Gasteiger partial charge in [-0.2, -0.15) is 5.26 Å². The molecule has 6 nitrogen and oxygen atoms in total. The molecule has 1 aromatic heterocycles. The summed E-state index contributed by atoms with van der Waals surface area (Å²) in [7, 11) is 1.57. The number of carbonyl (C=O) groups excluding carboxylic acids is 1. The molecule has 3 aromatic rings. The fourth-order valence-electron chi connectivity index (χ4n) is 3.31. The molecule has 3 rings (SSSR count). The van der Waals surface area contributed by atoms with Crippen LogP contribution in [-0.4, -0.2) is 36.0 Å². The highest BCUT2D eigenvalue weighted by Crippen LogP contribution is 2.30. The topological polar surface area (TPSA) is 78.2 Å². The van der Waals surface area contributed by atoms with E-state index in [-0.39, 0.29) is 5.91 Å². The number of nitriles is 1. The minimum atomic E-state index is -0.105. The van der Waals surface area contributed by atoms with Crippen molar-refractivity contribution >= 4 is 34.1 Å². The molecule has 1 amide bonds. The summed E-state index contributed by atoms with van der Waals surface area (Å²) in [6.45, 7) is 5.52. The molecule has 0 bridgehead atoms. The van der Waals surface area contributed by atoms with Gasteiger partial charge >= 0.3 is 0 Å². The zero-order valence-corrected chi connectivity index (χ0v) is 18.0. The number of ether oxygens (including phenoxy) is 1. The number of amides is 1. The molecule has 1 heterocycles. The number of nitrogens with one attached hydrogen (secondary N) is 1. The predicted molar refractivity (Wildman–Crippen MR) is 119 cm³/mol. The lowest BCUT2D eigenvalue weighted by molar-refractivity contribution is 0.0773. The van der Waals surface area contributed by atoms with E-state index in [2.05, 4.69) is 16.4 Å². The largest absolute Gasteiger partial charge is 0.495 e. The van der Waals surface area contributed by atoms with Gasteiger partial charge < -0.3 is 15.0 Å². The quantitative estimate of drug-likeness (QED) is 0.588. The summed E-state index contributed by atoms with van der Waals surface area (Å²) < 4.78 is 5.21. The molecule has 7 heteroatoms. The molecule has 154 valence electrons. The highest BCUT2D eigenvalue weighted by molar-refractivity contribution is 6.32. The SMILES string of the molecule is CCN(CC)C(=O)c1cnc2ccc(C#N)cc2c1NCc1ccc(OC)c(Cl)c1. The van der Waals surface area contributed by atoms with Crippen molar-refractivity contribution in [3.63, 3.8) is 0 Å². The number of methoxy groups -OCH3 is 1. The van der Waals surface area contributed by atoms with E-state index in [1.165, 1.54) is 0 Å². The Labute approximate surface area is 181 Å². The third-order valence-corrected chi connectivity index (χ3v) is 5.26. The van der Waals surface area contributed by atoms with E-state index >= 15 is 0 Å². The number of hydrogen-bond donors (Lipinski definition) is 1. The van der Waals surface area contributed by atoms with E-state index in [1.807, 2.05) is 26.0 Å². The Morgan fingerprint density at radius 2 is 2.00 bits per heavy atom. The van der Waals surface area contributed by atoms with Gasteiger partial charge in [-0.05, 0) is 49.7 Å². The summed E-state index contributed by atoms with van der Waals surface area (Å²) >= 11 is 6.25. The molecule has 0 aliphatic rings. The highest BCUT2D eigenvalue weighted by atomic mass is 35.5. The maximum absolute atomic E-state index is 13.1. The van der Waals surface area contributed by atoms with Crippen LogP contribution in [0.2, 0.25) is 5.02 Å². The van der Waals surface area contributed by atoms with Gasteiger partial charge in [-0.25, -0.2) is 0 Å². The number of carbonyl (C=O) groups is 1. The molecule has 0 saturated heterocycles. The number of halogens is 1. The summed E-state index contributed by atoms with van der Waals surface area (Å²) in [5, 5.41) is 13.9. The van der Waals surface area contributed by atoms with Gasteiger partial charge in [-0.1, -0.05) is 17.7 Å². The Hall–Kier alpha value is -3.30. The summed E-state index contributed by atoms with van der Waals surface area (Å²) in [4.78, 5) is 19.3. The van der Waals surface area contributed by atoms with E-state index in [9.17, 15) is 10.1 Å². The monoisotopic (exact) mass is 422 g/mol. The van der Waals surface area contributed by atoms with Gasteiger partial charge in [0.2, 0.25) is 0 Å². The van der Waals surface area contributed by atoms with Gasteiger partial charge in [0.25, 0.3) is 5.91 Å². The van der Waals surface area contributed by atoms with Crippen molar-refractivity contribution in [2.24, 2.45) is 0 Å². The summed E-state index contributed by atoms with van der Waals surface area (Å²) in [5.74, 6) is 0.498. The third-order valence-electron chi connectivity index (χ3n) is 4.96. The van der Waals surface area contributed by atoms with Crippen LogP contribution < -0.4 is 10.1 Å². The Morgan fingerprint density at radius 1 is 1.23 bits per heavy atom. The molecule has 30 heavy (non-hydrogen) atoms. The van der Waals surface area contributed by atoms with Gasteiger partial charge in [-0.15, -0.1) is 0 Å². The number of aromatic nitrogens is 1. The molecule has 0 aliphatic heterocycles. The first-order chi connectivity index (χ1) is 14.5. The van der Waals surface area contributed by atoms with Crippen molar-refractivity contribution in [2.75, 3.05) is 25.5 Å². The van der Waals surface area contributed by atoms with Crippen LogP contribution in [0.15, 0.2) is 42.6 Å². The lowest BCUT2D eigenvalue weighted by Gasteiger charge is -2.21. The van der Waals surface area contributed by atoms with Crippen molar-refractivity contribution in [3.05, 3.63) is 64.3 Å². The number of fused-ring (bicyclic) bond motifs is 1. The lowest BCUT2D eigenvalue weighted by atomic mass is 10.1. The average Bonchev–Trinajstić information content (AvgIpc) is 2.77. The zero-order valence-electron chi connectivity index (χ0n) is 17.2. The van der Waals surface area contributed by atoms with Crippen LogP contribution >= 0.6 is 11.6 Å². The van der Waals surface area contributed by atoms with Crippen LogP contribution in [0.1, 0.15) is 35.3 Å². The average molecular weight is 423 g/mol. The predicted octanol–water partition coefficient (Wildman–Crippen LogP) is 4.86. The van der Waals surface area contributed by atoms with E-state index in [0.717, 1.165) is 10.9 Å². The number of rotatable bonds is 7. The Balaban J connectivity index is 2.06. The maximum Gasteiger partial charge on any atom is 0.257 e. The zero-order chi connectivity index (χ0) is 21.7. The summed E-state index contributed by atoms with van der Waals surface area (Å²) in [5.41, 5.74) is 3.28. The Bertz CT molecular complexity index is 1120. The first-order valence-corrected chi connectivity index (χ1v) is 10.1. The molecule has 0 saturated carbocycles. The first kappa shape index (κ1) is 21.4. The first-order valence-electron chi connectivity index (χ1n) is 9.70. The third kappa shape index (κ3) is 4.32.